The molecule has 0 saturated heterocycles. The van der Waals surface area contributed by atoms with E-state index in [-0.39, 0.29) is 0 Å². The van der Waals surface area contributed by atoms with Crippen LogP contribution in [0.5, 0.6) is 0 Å². The molecule has 0 atom stereocenters. The van der Waals surface area contributed by atoms with Crippen LogP contribution in [-0.4, -0.2) is 11.9 Å². The van der Waals surface area contributed by atoms with E-state index in [1.165, 1.54) is 5.29 Å². The van der Waals surface area contributed by atoms with Crippen LogP contribution in [0.15, 0.2) is 12.3 Å². The Morgan fingerprint density at radius 3 is 2.86 bits per heavy atom. The molecule has 0 aromatic heterocycles. The molecule has 0 saturated carbocycles. The molecule has 1 rings (SSSR count). The second-order valence-corrected chi connectivity index (χ2v) is 2.09. The number of hydrogen-bond donors (Lipinski definition) is 0. The molecule has 0 aromatic rings. The van der Waals surface area contributed by atoms with Gasteiger partial charge in [-0.15, -0.1) is 8.86 Å². The Bertz CT molecular complexity index is 107. The van der Waals surface area contributed by atoms with Crippen molar-refractivity contribution < 1.29 is 4.74 Å². The van der Waals surface area contributed by atoms with Gasteiger partial charge in [0.25, 0.3) is 0 Å². The summed E-state index contributed by atoms with van der Waals surface area (Å²) in [6, 6.07) is 0. The second-order valence-electron chi connectivity index (χ2n) is 1.45. The van der Waals surface area contributed by atoms with Gasteiger partial charge < -0.3 is 4.74 Å². The SMILES string of the molecule is P=C1C=COCC1. The minimum absolute atomic E-state index is 0.815. The quantitative estimate of drug-likeness (QED) is 0.430. The second kappa shape index (κ2) is 2.13. The molecule has 1 aliphatic rings. The van der Waals surface area contributed by atoms with Crippen molar-refractivity contribution in [3.63, 3.8) is 0 Å². The highest BCUT2D eigenvalue weighted by molar-refractivity contribution is 7.21. The zero-order chi connectivity index (χ0) is 5.11. The Labute approximate surface area is 45.2 Å². The van der Waals surface area contributed by atoms with Crippen molar-refractivity contribution in [1.82, 2.24) is 0 Å². The smallest absolute Gasteiger partial charge is 0.0916 e. The van der Waals surface area contributed by atoms with E-state index >= 15 is 0 Å². The van der Waals surface area contributed by atoms with Crippen LogP contribution in [0, 0.1) is 0 Å². The molecule has 0 N–H and O–H groups in total. The lowest BCUT2D eigenvalue weighted by Crippen LogP contribution is -2.00. The van der Waals surface area contributed by atoms with Gasteiger partial charge in [0.1, 0.15) is 0 Å². The first-order valence-corrected chi connectivity index (χ1v) is 2.75. The standard InChI is InChI=1S/C5H7OP/c7-5-1-3-6-4-2-5/h1,3,7H,2,4H2. The van der Waals surface area contributed by atoms with E-state index in [9.17, 15) is 0 Å². The zero-order valence-electron chi connectivity index (χ0n) is 3.98. The fourth-order valence-electron chi connectivity index (χ4n) is 0.451. The van der Waals surface area contributed by atoms with Crippen LogP contribution in [0.3, 0.4) is 0 Å². The molecule has 0 unspecified atom stereocenters. The molecule has 0 fully saturated rings. The predicted octanol–water partition coefficient (Wildman–Crippen LogP) is 1.24. The Morgan fingerprint density at radius 2 is 2.57 bits per heavy atom. The lowest BCUT2D eigenvalue weighted by molar-refractivity contribution is 0.255. The van der Waals surface area contributed by atoms with Crippen LogP contribution in [0.1, 0.15) is 6.42 Å². The molecule has 2 heteroatoms. The first-order chi connectivity index (χ1) is 3.39. The largest absolute Gasteiger partial charge is 0.501 e. The van der Waals surface area contributed by atoms with Gasteiger partial charge in [0.2, 0.25) is 0 Å². The molecular weight excluding hydrogens is 107 g/mol. The highest BCUT2D eigenvalue weighted by Crippen LogP contribution is 1.98. The molecule has 1 heterocycles. The van der Waals surface area contributed by atoms with Gasteiger partial charge in [-0.2, -0.15) is 0 Å². The van der Waals surface area contributed by atoms with E-state index in [0.29, 0.717) is 0 Å². The van der Waals surface area contributed by atoms with Crippen LogP contribution in [0.2, 0.25) is 0 Å². The summed E-state index contributed by atoms with van der Waals surface area (Å²) in [4.78, 5) is 0. The summed E-state index contributed by atoms with van der Waals surface area (Å²) < 4.78 is 4.91. The van der Waals surface area contributed by atoms with Crippen LogP contribution in [0.25, 0.3) is 0 Å². The summed E-state index contributed by atoms with van der Waals surface area (Å²) in [7, 11) is 3.38. The molecule has 38 valence electrons. The van der Waals surface area contributed by atoms with Crippen LogP contribution < -0.4 is 0 Å². The molecular formula is C5H7OP. The molecule has 0 spiro atoms. The number of hydrogen-bond acceptors (Lipinski definition) is 1. The van der Waals surface area contributed by atoms with Crippen molar-refractivity contribution in [1.29, 1.82) is 0 Å². The van der Waals surface area contributed by atoms with E-state index < -0.39 is 0 Å². The van der Waals surface area contributed by atoms with E-state index in [1.54, 1.807) is 6.26 Å². The third kappa shape index (κ3) is 1.32. The summed E-state index contributed by atoms with van der Waals surface area (Å²) >= 11 is 0. The monoisotopic (exact) mass is 114 g/mol. The van der Waals surface area contributed by atoms with Gasteiger partial charge in [0.15, 0.2) is 0 Å². The van der Waals surface area contributed by atoms with E-state index in [1.807, 2.05) is 6.08 Å². The molecule has 0 amide bonds. The van der Waals surface area contributed by atoms with Gasteiger partial charge in [-0.1, -0.05) is 0 Å². The van der Waals surface area contributed by atoms with E-state index in [4.69, 9.17) is 4.74 Å². The van der Waals surface area contributed by atoms with Gasteiger partial charge >= 0.3 is 0 Å². The van der Waals surface area contributed by atoms with Crippen molar-refractivity contribution in [2.24, 2.45) is 0 Å². The number of ether oxygens (including phenoxy) is 1. The zero-order valence-corrected chi connectivity index (χ0v) is 4.98. The molecule has 0 radical (unpaired) electrons. The molecule has 1 aliphatic heterocycles. The molecule has 0 aromatic carbocycles. The van der Waals surface area contributed by atoms with Crippen LogP contribution >= 0.6 is 8.86 Å². The van der Waals surface area contributed by atoms with Crippen LogP contribution in [-0.2, 0) is 4.74 Å². The maximum Gasteiger partial charge on any atom is 0.0916 e. The topological polar surface area (TPSA) is 9.23 Å². The van der Waals surface area contributed by atoms with Gasteiger partial charge in [0, 0.05) is 6.42 Å². The Kier molecular flexibility index (Phi) is 1.48. The first-order valence-electron chi connectivity index (χ1n) is 2.25. The average molecular weight is 114 g/mol. The number of allylic oxidation sites excluding steroid dienone is 1. The molecule has 7 heavy (non-hydrogen) atoms. The lowest BCUT2D eigenvalue weighted by atomic mass is 10.3. The highest BCUT2D eigenvalue weighted by atomic mass is 31.0. The van der Waals surface area contributed by atoms with Crippen molar-refractivity contribution in [3.05, 3.63) is 12.3 Å². The van der Waals surface area contributed by atoms with E-state index in [0.717, 1.165) is 13.0 Å². The minimum atomic E-state index is 0.815. The van der Waals surface area contributed by atoms with Crippen LogP contribution in [0.4, 0.5) is 0 Å². The summed E-state index contributed by atoms with van der Waals surface area (Å²) in [5, 5.41) is 1.21. The minimum Gasteiger partial charge on any atom is -0.501 e. The van der Waals surface area contributed by atoms with E-state index in [2.05, 4.69) is 8.86 Å². The maximum absolute atomic E-state index is 4.91. The Morgan fingerprint density at radius 1 is 1.71 bits per heavy atom. The number of rotatable bonds is 0. The molecule has 0 bridgehead atoms. The van der Waals surface area contributed by atoms with Crippen molar-refractivity contribution in [2.45, 2.75) is 6.42 Å². The van der Waals surface area contributed by atoms with Gasteiger partial charge in [0.05, 0.1) is 12.9 Å². The normalized spacial score (nSPS) is 19.1. The first kappa shape index (κ1) is 4.86. The maximum atomic E-state index is 4.91. The van der Waals surface area contributed by atoms with Crippen molar-refractivity contribution >= 4 is 14.2 Å². The molecule has 1 nitrogen and oxygen atoms in total. The summed E-state index contributed by atoms with van der Waals surface area (Å²) in [5.41, 5.74) is 0. The summed E-state index contributed by atoms with van der Waals surface area (Å²) in [6.07, 6.45) is 4.62. The highest BCUT2D eigenvalue weighted by Gasteiger charge is 1.93. The Balaban J connectivity index is 2.51. The van der Waals surface area contributed by atoms with Crippen molar-refractivity contribution in [2.75, 3.05) is 6.61 Å². The van der Waals surface area contributed by atoms with Gasteiger partial charge in [-0.25, -0.2) is 0 Å². The third-order valence-electron chi connectivity index (χ3n) is 0.855. The fourth-order valence-corrected chi connectivity index (χ4v) is 0.621. The summed E-state index contributed by atoms with van der Waals surface area (Å²) in [5.74, 6) is 0. The molecule has 0 aliphatic carbocycles. The third-order valence-corrected chi connectivity index (χ3v) is 1.27. The Hall–Kier alpha value is -0.290. The average Bonchev–Trinajstić information content (AvgIpc) is 1.69. The van der Waals surface area contributed by atoms with Crippen molar-refractivity contribution in [3.8, 4) is 0 Å². The van der Waals surface area contributed by atoms with Gasteiger partial charge in [-0.05, 0) is 11.4 Å². The lowest BCUT2D eigenvalue weighted by Gasteiger charge is -2.04. The van der Waals surface area contributed by atoms with Gasteiger partial charge in [-0.3, -0.25) is 0 Å². The predicted molar refractivity (Wildman–Crippen MR) is 33.0 cm³/mol. The fraction of sp³-hybridized carbons (Fsp3) is 0.400. The summed E-state index contributed by atoms with van der Waals surface area (Å²) in [6.45, 7) is 0.815.